The van der Waals surface area contributed by atoms with Gasteiger partial charge in [0.05, 0.1) is 5.52 Å². The van der Waals surface area contributed by atoms with Gasteiger partial charge in [0.2, 0.25) is 5.91 Å². The third-order valence-corrected chi connectivity index (χ3v) is 7.27. The lowest BCUT2D eigenvalue weighted by atomic mass is 9.69. The summed E-state index contributed by atoms with van der Waals surface area (Å²) in [6, 6.07) is 8.36. The minimum absolute atomic E-state index is 0.139. The standard InChI is InChI=1S/C26H37N3O/c1-18-16-24(29-14-6-5-7-15-29)28-23-13-12-21(17-22(18)23)27-25(30)19-8-10-20(11-9-19)26(2,3)4/h12-13,16-17,19-20H,5-11,14-15H2,1-4H3,(H,27,30). The number of aromatic nitrogens is 1. The van der Waals surface area contributed by atoms with E-state index in [0.29, 0.717) is 5.41 Å². The molecule has 2 heterocycles. The molecule has 0 bridgehead atoms. The normalized spacial score (nSPS) is 22.9. The molecule has 1 N–H and O–H groups in total. The second-order valence-electron chi connectivity index (χ2n) is 10.5. The van der Waals surface area contributed by atoms with Crippen molar-refractivity contribution in [3.63, 3.8) is 0 Å². The zero-order valence-corrected chi connectivity index (χ0v) is 19.1. The van der Waals surface area contributed by atoms with Gasteiger partial charge < -0.3 is 10.2 Å². The molecule has 2 fully saturated rings. The first-order chi connectivity index (χ1) is 14.3. The highest BCUT2D eigenvalue weighted by molar-refractivity contribution is 5.96. The lowest BCUT2D eigenvalue weighted by Gasteiger charge is -2.36. The number of pyridine rings is 1. The number of anilines is 2. The number of benzene rings is 1. The van der Waals surface area contributed by atoms with Crippen LogP contribution >= 0.6 is 0 Å². The molecule has 0 unspecified atom stereocenters. The quantitative estimate of drug-likeness (QED) is 0.647. The number of aryl methyl sites for hydroxylation is 1. The molecule has 0 radical (unpaired) electrons. The van der Waals surface area contributed by atoms with E-state index >= 15 is 0 Å². The van der Waals surface area contributed by atoms with Gasteiger partial charge in [0.1, 0.15) is 5.82 Å². The minimum Gasteiger partial charge on any atom is -0.357 e. The van der Waals surface area contributed by atoms with Gasteiger partial charge in [0.25, 0.3) is 0 Å². The van der Waals surface area contributed by atoms with Gasteiger partial charge in [-0.2, -0.15) is 0 Å². The van der Waals surface area contributed by atoms with Gasteiger partial charge in [-0.25, -0.2) is 4.98 Å². The third kappa shape index (κ3) is 4.63. The van der Waals surface area contributed by atoms with Crippen LogP contribution in [0.3, 0.4) is 0 Å². The summed E-state index contributed by atoms with van der Waals surface area (Å²) in [5.74, 6) is 2.13. The summed E-state index contributed by atoms with van der Waals surface area (Å²) in [4.78, 5) is 20.2. The van der Waals surface area contributed by atoms with Gasteiger partial charge in [-0.3, -0.25) is 4.79 Å². The first kappa shape index (κ1) is 21.1. The van der Waals surface area contributed by atoms with Crippen LogP contribution in [-0.4, -0.2) is 24.0 Å². The van der Waals surface area contributed by atoms with Crippen molar-refractivity contribution in [3.8, 4) is 0 Å². The summed E-state index contributed by atoms with van der Waals surface area (Å²) in [6.45, 7) is 11.3. The van der Waals surface area contributed by atoms with Gasteiger partial charge in [0.15, 0.2) is 0 Å². The van der Waals surface area contributed by atoms with Crippen molar-refractivity contribution in [2.45, 2.75) is 72.6 Å². The molecular weight excluding hydrogens is 370 g/mol. The topological polar surface area (TPSA) is 45.2 Å². The number of amides is 1. The van der Waals surface area contributed by atoms with Crippen LogP contribution in [0, 0.1) is 24.2 Å². The lowest BCUT2D eigenvalue weighted by molar-refractivity contribution is -0.121. The van der Waals surface area contributed by atoms with Crippen LogP contribution in [0.4, 0.5) is 11.5 Å². The number of piperidine rings is 1. The second-order valence-corrected chi connectivity index (χ2v) is 10.5. The fourth-order valence-corrected chi connectivity index (χ4v) is 5.21. The SMILES string of the molecule is Cc1cc(N2CCCCC2)nc2ccc(NC(=O)C3CCC(C(C)(C)C)CC3)cc12. The number of hydrogen-bond acceptors (Lipinski definition) is 3. The molecule has 1 saturated carbocycles. The van der Waals surface area contributed by atoms with Crippen LogP contribution in [0.15, 0.2) is 24.3 Å². The smallest absolute Gasteiger partial charge is 0.227 e. The van der Waals surface area contributed by atoms with Crippen molar-refractivity contribution in [2.24, 2.45) is 17.3 Å². The van der Waals surface area contributed by atoms with Gasteiger partial charge in [0, 0.05) is 30.1 Å². The fourth-order valence-electron chi connectivity index (χ4n) is 5.21. The van der Waals surface area contributed by atoms with Crippen molar-refractivity contribution >= 4 is 28.3 Å². The summed E-state index contributed by atoms with van der Waals surface area (Å²) >= 11 is 0. The first-order valence-corrected chi connectivity index (χ1v) is 11.8. The Bertz CT molecular complexity index is 900. The molecule has 2 aliphatic rings. The molecule has 2 aromatic rings. The molecule has 1 aliphatic heterocycles. The Balaban J connectivity index is 1.45. The number of nitrogens with one attached hydrogen (secondary N) is 1. The van der Waals surface area contributed by atoms with Crippen LogP contribution in [-0.2, 0) is 4.79 Å². The van der Waals surface area contributed by atoms with E-state index in [1.54, 1.807) is 0 Å². The Morgan fingerprint density at radius 3 is 2.40 bits per heavy atom. The molecule has 4 heteroatoms. The molecule has 1 aliphatic carbocycles. The van der Waals surface area contributed by atoms with Crippen LogP contribution < -0.4 is 10.2 Å². The summed E-state index contributed by atoms with van der Waals surface area (Å²) < 4.78 is 0. The maximum atomic E-state index is 12.9. The number of hydrogen-bond donors (Lipinski definition) is 1. The Morgan fingerprint density at radius 1 is 1.03 bits per heavy atom. The fraction of sp³-hybridized carbons (Fsp3) is 0.615. The number of carbonyl (C=O) groups excluding carboxylic acids is 1. The van der Waals surface area contributed by atoms with E-state index in [4.69, 9.17) is 4.98 Å². The highest BCUT2D eigenvalue weighted by Crippen LogP contribution is 2.40. The average molecular weight is 408 g/mol. The molecule has 1 saturated heterocycles. The average Bonchev–Trinajstić information content (AvgIpc) is 2.74. The predicted octanol–water partition coefficient (Wildman–Crippen LogP) is 6.32. The number of fused-ring (bicyclic) bond motifs is 1. The highest BCUT2D eigenvalue weighted by Gasteiger charge is 2.32. The lowest BCUT2D eigenvalue weighted by Crippen LogP contribution is -2.31. The Hall–Kier alpha value is -2.10. The molecule has 162 valence electrons. The van der Waals surface area contributed by atoms with Gasteiger partial charge in [-0.1, -0.05) is 20.8 Å². The van der Waals surface area contributed by atoms with Crippen molar-refractivity contribution in [1.29, 1.82) is 0 Å². The second kappa shape index (κ2) is 8.56. The summed E-state index contributed by atoms with van der Waals surface area (Å²) in [7, 11) is 0. The molecule has 30 heavy (non-hydrogen) atoms. The Morgan fingerprint density at radius 2 is 1.73 bits per heavy atom. The highest BCUT2D eigenvalue weighted by atomic mass is 16.1. The Kier molecular flexibility index (Phi) is 6.04. The Labute approximate surface area is 181 Å². The molecule has 1 aromatic heterocycles. The zero-order valence-electron chi connectivity index (χ0n) is 19.1. The number of nitrogens with zero attached hydrogens (tertiary/aromatic N) is 2. The van der Waals surface area contributed by atoms with Gasteiger partial charge in [-0.15, -0.1) is 0 Å². The van der Waals surface area contributed by atoms with Crippen molar-refractivity contribution in [1.82, 2.24) is 4.98 Å². The first-order valence-electron chi connectivity index (χ1n) is 11.8. The van der Waals surface area contributed by atoms with Crippen LogP contribution in [0.1, 0.15) is 71.3 Å². The number of carbonyl (C=O) groups is 1. The molecule has 0 atom stereocenters. The van der Waals surface area contributed by atoms with Crippen LogP contribution in [0.25, 0.3) is 10.9 Å². The monoisotopic (exact) mass is 407 g/mol. The van der Waals surface area contributed by atoms with E-state index in [1.807, 2.05) is 6.07 Å². The van der Waals surface area contributed by atoms with Crippen molar-refractivity contribution in [3.05, 3.63) is 29.8 Å². The van der Waals surface area contributed by atoms with E-state index in [2.05, 4.69) is 56.1 Å². The van der Waals surface area contributed by atoms with Crippen LogP contribution in [0.2, 0.25) is 0 Å². The summed E-state index contributed by atoms with van der Waals surface area (Å²) in [5.41, 5.74) is 3.47. The van der Waals surface area contributed by atoms with E-state index in [9.17, 15) is 4.79 Å². The number of rotatable bonds is 3. The molecule has 1 amide bonds. The van der Waals surface area contributed by atoms with Gasteiger partial charge in [-0.05, 0) is 93.0 Å². The minimum atomic E-state index is 0.139. The molecule has 1 aromatic carbocycles. The third-order valence-electron chi connectivity index (χ3n) is 7.27. The molecule has 4 rings (SSSR count). The van der Waals surface area contributed by atoms with E-state index < -0.39 is 0 Å². The maximum Gasteiger partial charge on any atom is 0.227 e. The summed E-state index contributed by atoms with van der Waals surface area (Å²) in [6.07, 6.45) is 8.14. The molecule has 4 nitrogen and oxygen atoms in total. The largest absolute Gasteiger partial charge is 0.357 e. The van der Waals surface area contributed by atoms with E-state index in [-0.39, 0.29) is 11.8 Å². The maximum absolute atomic E-state index is 12.9. The zero-order chi connectivity index (χ0) is 21.3. The van der Waals surface area contributed by atoms with E-state index in [0.717, 1.165) is 67.1 Å². The predicted molar refractivity (Wildman–Crippen MR) is 126 cm³/mol. The summed E-state index contributed by atoms with van der Waals surface area (Å²) in [5, 5.41) is 4.32. The van der Waals surface area contributed by atoms with Gasteiger partial charge >= 0.3 is 0 Å². The van der Waals surface area contributed by atoms with Crippen LogP contribution in [0.5, 0.6) is 0 Å². The van der Waals surface area contributed by atoms with E-state index in [1.165, 1.54) is 24.8 Å². The van der Waals surface area contributed by atoms with Crippen molar-refractivity contribution < 1.29 is 4.79 Å². The van der Waals surface area contributed by atoms with Crippen molar-refractivity contribution in [2.75, 3.05) is 23.3 Å². The molecular formula is C26H37N3O. The molecule has 0 spiro atoms.